The van der Waals surface area contributed by atoms with Gasteiger partial charge >= 0.3 is 0 Å². The Morgan fingerprint density at radius 1 is 0.750 bits per heavy atom. The van der Waals surface area contributed by atoms with E-state index in [2.05, 4.69) is 5.32 Å². The van der Waals surface area contributed by atoms with Crippen LogP contribution in [0.4, 0.5) is 10.1 Å². The summed E-state index contributed by atoms with van der Waals surface area (Å²) in [7, 11) is 0. The Kier molecular flexibility index (Phi) is 6.29. The molecule has 1 amide bonds. The maximum Gasteiger partial charge on any atom is 0.259 e. The number of ketones is 1. The molecule has 0 aliphatic heterocycles. The van der Waals surface area contributed by atoms with Gasteiger partial charge in [-0.3, -0.25) is 9.59 Å². The number of nitrogens with one attached hydrogen (secondary N) is 1. The maximum atomic E-state index is 15.6. The molecule has 0 bridgehead atoms. The van der Waals surface area contributed by atoms with Crippen molar-refractivity contribution >= 4 is 29.0 Å². The molecule has 32 heavy (non-hydrogen) atoms. The van der Waals surface area contributed by atoms with Gasteiger partial charge in [0.1, 0.15) is 5.75 Å². The fourth-order valence-corrected chi connectivity index (χ4v) is 3.22. The van der Waals surface area contributed by atoms with Gasteiger partial charge in [-0.25, -0.2) is 4.39 Å². The third-order valence-electron chi connectivity index (χ3n) is 4.69. The molecule has 0 atom stereocenters. The van der Waals surface area contributed by atoms with Crippen LogP contribution in [0, 0.1) is 5.82 Å². The molecule has 4 nitrogen and oxygen atoms in total. The van der Waals surface area contributed by atoms with Crippen molar-refractivity contribution < 1.29 is 18.7 Å². The van der Waals surface area contributed by atoms with Crippen molar-refractivity contribution in [3.8, 4) is 11.5 Å². The number of amides is 1. The summed E-state index contributed by atoms with van der Waals surface area (Å²) in [5.41, 5.74) is 0.571. The highest BCUT2D eigenvalue weighted by Gasteiger charge is 2.24. The van der Waals surface area contributed by atoms with E-state index in [0.717, 1.165) is 0 Å². The summed E-state index contributed by atoms with van der Waals surface area (Å²) >= 11 is 5.88. The van der Waals surface area contributed by atoms with E-state index < -0.39 is 17.5 Å². The summed E-state index contributed by atoms with van der Waals surface area (Å²) in [6.45, 7) is 0. The standard InChI is InChI=1S/C26H17ClFNO3/c27-18-11-13-19(14-12-18)29-26(31)22-16-15-21(24(30)17-7-3-1-4-8-17)23(28)25(22)32-20-9-5-2-6-10-20/h1-16H,(H,29,31). The normalized spacial score (nSPS) is 10.4. The monoisotopic (exact) mass is 445 g/mol. The molecule has 6 heteroatoms. The molecule has 0 unspecified atom stereocenters. The third kappa shape index (κ3) is 4.68. The van der Waals surface area contributed by atoms with Crippen molar-refractivity contribution in [2.24, 2.45) is 0 Å². The van der Waals surface area contributed by atoms with Crippen LogP contribution in [0.3, 0.4) is 0 Å². The van der Waals surface area contributed by atoms with E-state index in [1.54, 1.807) is 84.9 Å². The molecular formula is C26H17ClFNO3. The fourth-order valence-electron chi connectivity index (χ4n) is 3.09. The Bertz CT molecular complexity index is 1260. The SMILES string of the molecule is O=C(c1ccccc1)c1ccc(C(=O)Nc2ccc(Cl)cc2)c(Oc2ccccc2)c1F. The lowest BCUT2D eigenvalue weighted by Crippen LogP contribution is -2.15. The summed E-state index contributed by atoms with van der Waals surface area (Å²) in [6.07, 6.45) is 0. The van der Waals surface area contributed by atoms with Crippen LogP contribution in [-0.4, -0.2) is 11.7 Å². The summed E-state index contributed by atoms with van der Waals surface area (Å²) < 4.78 is 21.3. The quantitative estimate of drug-likeness (QED) is 0.334. The molecule has 0 heterocycles. The second-order valence-electron chi connectivity index (χ2n) is 6.88. The number of hydrogen-bond acceptors (Lipinski definition) is 3. The lowest BCUT2D eigenvalue weighted by molar-refractivity contribution is 0.101. The lowest BCUT2D eigenvalue weighted by Gasteiger charge is -2.15. The zero-order valence-corrected chi connectivity index (χ0v) is 17.5. The second-order valence-corrected chi connectivity index (χ2v) is 7.31. The van der Waals surface area contributed by atoms with Crippen molar-refractivity contribution in [2.75, 3.05) is 5.32 Å². The highest BCUT2D eigenvalue weighted by Crippen LogP contribution is 2.32. The van der Waals surface area contributed by atoms with E-state index in [1.165, 1.54) is 12.1 Å². The molecule has 0 radical (unpaired) electrons. The van der Waals surface area contributed by atoms with Crippen LogP contribution >= 0.6 is 11.6 Å². The molecule has 4 aromatic rings. The van der Waals surface area contributed by atoms with Gasteiger partial charge in [0.25, 0.3) is 5.91 Å². The van der Waals surface area contributed by atoms with Gasteiger partial charge in [0.2, 0.25) is 0 Å². The summed E-state index contributed by atoms with van der Waals surface area (Å²) in [5, 5.41) is 3.21. The summed E-state index contributed by atoms with van der Waals surface area (Å²) in [4.78, 5) is 25.8. The minimum atomic E-state index is -0.911. The van der Waals surface area contributed by atoms with E-state index in [0.29, 0.717) is 22.0 Å². The minimum absolute atomic E-state index is 0.0501. The average molecular weight is 446 g/mol. The van der Waals surface area contributed by atoms with Crippen LogP contribution in [-0.2, 0) is 0 Å². The van der Waals surface area contributed by atoms with E-state index in [1.807, 2.05) is 0 Å². The highest BCUT2D eigenvalue weighted by atomic mass is 35.5. The molecule has 0 saturated heterocycles. The van der Waals surface area contributed by atoms with Crippen LogP contribution in [0.1, 0.15) is 26.3 Å². The molecule has 0 fully saturated rings. The Morgan fingerprint density at radius 2 is 1.34 bits per heavy atom. The van der Waals surface area contributed by atoms with Crippen molar-refractivity contribution in [3.05, 3.63) is 125 Å². The van der Waals surface area contributed by atoms with Crippen LogP contribution in [0.2, 0.25) is 5.02 Å². The van der Waals surface area contributed by atoms with Crippen LogP contribution in [0.15, 0.2) is 97.1 Å². The number of benzene rings is 4. The highest BCUT2D eigenvalue weighted by molar-refractivity contribution is 6.30. The Hall–Kier alpha value is -3.96. The third-order valence-corrected chi connectivity index (χ3v) is 4.94. The van der Waals surface area contributed by atoms with Gasteiger partial charge in [-0.2, -0.15) is 0 Å². The average Bonchev–Trinajstić information content (AvgIpc) is 2.82. The van der Waals surface area contributed by atoms with Gasteiger partial charge < -0.3 is 10.1 Å². The van der Waals surface area contributed by atoms with Crippen molar-refractivity contribution in [1.82, 2.24) is 0 Å². The maximum absolute atomic E-state index is 15.6. The van der Waals surface area contributed by atoms with Gasteiger partial charge in [-0.1, -0.05) is 60.1 Å². The predicted molar refractivity (Wildman–Crippen MR) is 122 cm³/mol. The zero-order chi connectivity index (χ0) is 22.5. The molecule has 0 aromatic heterocycles. The topological polar surface area (TPSA) is 55.4 Å². The minimum Gasteiger partial charge on any atom is -0.453 e. The number of carbonyl (C=O) groups excluding carboxylic acids is 2. The lowest BCUT2D eigenvalue weighted by atomic mass is 10.00. The Morgan fingerprint density at radius 3 is 2.00 bits per heavy atom. The molecule has 0 saturated carbocycles. The molecule has 4 rings (SSSR count). The number of anilines is 1. The Balaban J connectivity index is 1.75. The van der Waals surface area contributed by atoms with Crippen molar-refractivity contribution in [1.29, 1.82) is 0 Å². The first-order valence-electron chi connectivity index (χ1n) is 9.75. The number of para-hydroxylation sites is 1. The predicted octanol–water partition coefficient (Wildman–Crippen LogP) is 6.75. The first kappa shape index (κ1) is 21.3. The number of hydrogen-bond donors (Lipinski definition) is 1. The molecule has 0 aliphatic carbocycles. The molecule has 1 N–H and O–H groups in total. The molecule has 4 aromatic carbocycles. The second kappa shape index (κ2) is 9.45. The zero-order valence-electron chi connectivity index (χ0n) is 16.7. The Labute approximate surface area is 189 Å². The van der Waals surface area contributed by atoms with Gasteiger partial charge in [0, 0.05) is 16.3 Å². The van der Waals surface area contributed by atoms with Crippen LogP contribution in [0.5, 0.6) is 11.5 Å². The summed E-state index contributed by atoms with van der Waals surface area (Å²) in [6, 6.07) is 26.0. The summed E-state index contributed by atoms with van der Waals surface area (Å²) in [5.74, 6) is -2.01. The molecular weight excluding hydrogens is 429 g/mol. The van der Waals surface area contributed by atoms with Crippen LogP contribution < -0.4 is 10.1 Å². The molecule has 0 aliphatic rings. The van der Waals surface area contributed by atoms with Gasteiger partial charge in [0.05, 0.1) is 11.1 Å². The van der Waals surface area contributed by atoms with E-state index in [9.17, 15) is 9.59 Å². The largest absolute Gasteiger partial charge is 0.453 e. The van der Waals surface area contributed by atoms with E-state index in [4.69, 9.17) is 16.3 Å². The number of halogens is 2. The first-order chi connectivity index (χ1) is 15.5. The van der Waals surface area contributed by atoms with Crippen molar-refractivity contribution in [3.63, 3.8) is 0 Å². The van der Waals surface area contributed by atoms with Gasteiger partial charge in [0.15, 0.2) is 17.3 Å². The van der Waals surface area contributed by atoms with Gasteiger partial charge in [-0.15, -0.1) is 0 Å². The molecule has 158 valence electrons. The smallest absolute Gasteiger partial charge is 0.259 e. The number of ether oxygens (including phenoxy) is 1. The number of rotatable bonds is 6. The van der Waals surface area contributed by atoms with Gasteiger partial charge in [-0.05, 0) is 48.5 Å². The molecule has 0 spiro atoms. The first-order valence-corrected chi connectivity index (χ1v) is 10.1. The van der Waals surface area contributed by atoms with E-state index in [-0.39, 0.29) is 16.9 Å². The van der Waals surface area contributed by atoms with Crippen LogP contribution in [0.25, 0.3) is 0 Å². The number of carbonyl (C=O) groups is 2. The fraction of sp³-hybridized carbons (Fsp3) is 0. The van der Waals surface area contributed by atoms with Crippen molar-refractivity contribution in [2.45, 2.75) is 0 Å². The van der Waals surface area contributed by atoms with E-state index >= 15 is 4.39 Å².